The van der Waals surface area contributed by atoms with Crippen LogP contribution in [0.3, 0.4) is 0 Å². The first-order valence-electron chi connectivity index (χ1n) is 5.23. The van der Waals surface area contributed by atoms with Crippen molar-refractivity contribution < 1.29 is 4.90 Å². The summed E-state index contributed by atoms with van der Waals surface area (Å²) in [6.45, 7) is 2.05. The summed E-state index contributed by atoms with van der Waals surface area (Å²) in [6, 6.07) is 6.47. The second-order valence-electron chi connectivity index (χ2n) is 3.97. The molecule has 1 aromatic carbocycles. The molecule has 1 heterocycles. The highest BCUT2D eigenvalue weighted by Crippen LogP contribution is 2.28. The van der Waals surface area contributed by atoms with Crippen LogP contribution in [-0.2, 0) is 6.54 Å². The third-order valence-electron chi connectivity index (χ3n) is 2.63. The number of nitrogens with one attached hydrogen (secondary N) is 1. The van der Waals surface area contributed by atoms with Gasteiger partial charge < -0.3 is 4.90 Å². The van der Waals surface area contributed by atoms with Gasteiger partial charge in [0.2, 0.25) is 0 Å². The number of thiophene rings is 1. The van der Waals surface area contributed by atoms with Crippen LogP contribution in [-0.4, -0.2) is 19.5 Å². The molecule has 0 aliphatic rings. The molecular weight excluding hydrogens is 306 g/mol. The Labute approximate surface area is 113 Å². The van der Waals surface area contributed by atoms with E-state index in [2.05, 4.69) is 46.6 Å². The van der Waals surface area contributed by atoms with Gasteiger partial charge in [-0.25, -0.2) is 0 Å². The highest BCUT2D eigenvalue weighted by atomic mass is 79.9. The molecule has 86 valence electrons. The first kappa shape index (κ1) is 12.4. The van der Waals surface area contributed by atoms with Crippen molar-refractivity contribution in [1.29, 1.82) is 0 Å². The smallest absolute Gasteiger partial charge is 0.104 e. The number of benzene rings is 1. The summed E-state index contributed by atoms with van der Waals surface area (Å²) in [5, 5.41) is 3.63. The highest BCUT2D eigenvalue weighted by molar-refractivity contribution is 9.10. The Hall–Kier alpha value is -0.0900. The molecule has 0 radical (unpaired) electrons. The van der Waals surface area contributed by atoms with Crippen molar-refractivity contribution in [3.05, 3.63) is 33.6 Å². The van der Waals surface area contributed by atoms with Crippen LogP contribution >= 0.6 is 38.9 Å². The molecule has 1 aromatic heterocycles. The molecule has 0 spiro atoms. The molecule has 0 saturated heterocycles. The Morgan fingerprint density at radius 2 is 2.25 bits per heavy atom. The molecule has 4 heteroatoms. The normalized spacial score (nSPS) is 13.2. The van der Waals surface area contributed by atoms with Crippen LogP contribution in [0.1, 0.15) is 5.56 Å². The number of fused-ring (bicyclic) bond motifs is 1. The van der Waals surface area contributed by atoms with E-state index in [1.165, 1.54) is 20.5 Å². The molecule has 1 unspecified atom stereocenters. The Bertz CT molecular complexity index is 483. The lowest BCUT2D eigenvalue weighted by molar-refractivity contribution is -0.891. The second kappa shape index (κ2) is 5.50. The van der Waals surface area contributed by atoms with Crippen LogP contribution in [0.5, 0.6) is 0 Å². The lowest BCUT2D eigenvalue weighted by Crippen LogP contribution is -3.07. The van der Waals surface area contributed by atoms with Crippen molar-refractivity contribution in [3.8, 4) is 0 Å². The molecule has 1 N–H and O–H groups in total. The van der Waals surface area contributed by atoms with Gasteiger partial charge >= 0.3 is 0 Å². The van der Waals surface area contributed by atoms with Gasteiger partial charge in [0.15, 0.2) is 0 Å². The van der Waals surface area contributed by atoms with Gasteiger partial charge in [-0.1, -0.05) is 15.9 Å². The zero-order valence-corrected chi connectivity index (χ0v) is 12.3. The maximum Gasteiger partial charge on any atom is 0.104 e. The van der Waals surface area contributed by atoms with Crippen molar-refractivity contribution in [3.63, 3.8) is 0 Å². The monoisotopic (exact) mass is 318 g/mol. The van der Waals surface area contributed by atoms with Gasteiger partial charge in [0, 0.05) is 25.5 Å². The summed E-state index contributed by atoms with van der Waals surface area (Å²) in [5.41, 5.74) is 1.42. The van der Waals surface area contributed by atoms with E-state index in [4.69, 9.17) is 11.6 Å². The van der Waals surface area contributed by atoms with E-state index in [0.29, 0.717) is 0 Å². The van der Waals surface area contributed by atoms with Crippen molar-refractivity contribution in [2.24, 2.45) is 0 Å². The van der Waals surface area contributed by atoms with Crippen molar-refractivity contribution in [1.82, 2.24) is 0 Å². The van der Waals surface area contributed by atoms with E-state index >= 15 is 0 Å². The molecule has 16 heavy (non-hydrogen) atoms. The Balaban J connectivity index is 2.27. The number of rotatable bonds is 4. The Kier molecular flexibility index (Phi) is 4.25. The van der Waals surface area contributed by atoms with E-state index in [0.717, 1.165) is 23.4 Å². The third-order valence-corrected chi connectivity index (χ3v) is 4.32. The Morgan fingerprint density at radius 1 is 1.44 bits per heavy atom. The minimum absolute atomic E-state index is 0.720. The third kappa shape index (κ3) is 2.77. The molecule has 0 bridgehead atoms. The fraction of sp³-hybridized carbons (Fsp3) is 0.333. The summed E-state index contributed by atoms with van der Waals surface area (Å²) >= 11 is 11.1. The van der Waals surface area contributed by atoms with E-state index in [-0.39, 0.29) is 0 Å². The fourth-order valence-corrected chi connectivity index (χ4v) is 3.39. The van der Waals surface area contributed by atoms with Crippen molar-refractivity contribution in [2.45, 2.75) is 6.54 Å². The molecule has 1 nitrogen and oxygen atoms in total. The van der Waals surface area contributed by atoms with Gasteiger partial charge in [-0.3, -0.25) is 0 Å². The van der Waals surface area contributed by atoms with Gasteiger partial charge in [0.25, 0.3) is 0 Å². The van der Waals surface area contributed by atoms with Gasteiger partial charge in [-0.2, -0.15) is 0 Å². The number of quaternary nitrogens is 1. The van der Waals surface area contributed by atoms with Gasteiger partial charge in [0.1, 0.15) is 6.54 Å². The lowest BCUT2D eigenvalue weighted by atomic mass is 10.2. The SMILES string of the molecule is C[NH+](CCCl)Cc1csc2ccc(Br)cc12. The summed E-state index contributed by atoms with van der Waals surface area (Å²) in [7, 11) is 2.18. The Morgan fingerprint density at radius 3 is 3.00 bits per heavy atom. The first-order valence-corrected chi connectivity index (χ1v) is 7.44. The topological polar surface area (TPSA) is 4.44 Å². The number of alkyl halides is 1. The molecule has 0 saturated carbocycles. The first-order chi connectivity index (χ1) is 7.70. The standard InChI is InChI=1S/C12H13BrClNS/c1-15(5-4-14)7-9-8-16-12-3-2-10(13)6-11(9)12/h2-3,6,8H,4-5,7H2,1H3/p+1. The fourth-order valence-electron chi connectivity index (χ4n) is 1.77. The summed E-state index contributed by atoms with van der Waals surface area (Å²) in [4.78, 5) is 1.45. The molecule has 0 aliphatic carbocycles. The van der Waals surface area contributed by atoms with Crippen LogP contribution in [0.2, 0.25) is 0 Å². The van der Waals surface area contributed by atoms with E-state index in [1.54, 1.807) is 0 Å². The minimum Gasteiger partial charge on any atom is -0.333 e. The molecule has 2 rings (SSSR count). The number of hydrogen-bond acceptors (Lipinski definition) is 1. The lowest BCUT2D eigenvalue weighted by Gasteiger charge is -2.11. The van der Waals surface area contributed by atoms with Gasteiger partial charge in [0.05, 0.1) is 19.5 Å². The molecule has 1 atom stereocenters. The van der Waals surface area contributed by atoms with E-state index in [9.17, 15) is 0 Å². The predicted octanol–water partition coefficient (Wildman–Crippen LogP) is 2.92. The molecule has 0 amide bonds. The average molecular weight is 320 g/mol. The maximum absolute atomic E-state index is 5.75. The van der Waals surface area contributed by atoms with Gasteiger partial charge in [-0.15, -0.1) is 22.9 Å². The van der Waals surface area contributed by atoms with Crippen molar-refractivity contribution >= 4 is 49.0 Å². The number of halogens is 2. The molecular formula is C12H14BrClNS+. The zero-order valence-electron chi connectivity index (χ0n) is 9.09. The summed E-state index contributed by atoms with van der Waals surface area (Å²) in [6.07, 6.45) is 0. The molecule has 0 fully saturated rings. The minimum atomic E-state index is 0.720. The summed E-state index contributed by atoms with van der Waals surface area (Å²) < 4.78 is 2.51. The highest BCUT2D eigenvalue weighted by Gasteiger charge is 2.09. The zero-order chi connectivity index (χ0) is 11.5. The van der Waals surface area contributed by atoms with E-state index in [1.807, 2.05) is 11.3 Å². The van der Waals surface area contributed by atoms with Gasteiger partial charge in [-0.05, 0) is 18.2 Å². The van der Waals surface area contributed by atoms with Crippen LogP contribution in [0.4, 0.5) is 0 Å². The number of hydrogen-bond donors (Lipinski definition) is 1. The van der Waals surface area contributed by atoms with Crippen LogP contribution in [0.25, 0.3) is 10.1 Å². The van der Waals surface area contributed by atoms with Crippen LogP contribution in [0, 0.1) is 0 Å². The van der Waals surface area contributed by atoms with Crippen molar-refractivity contribution in [2.75, 3.05) is 19.5 Å². The van der Waals surface area contributed by atoms with Crippen LogP contribution < -0.4 is 4.90 Å². The molecule has 2 aromatic rings. The maximum atomic E-state index is 5.75. The second-order valence-corrected chi connectivity index (χ2v) is 6.18. The van der Waals surface area contributed by atoms with E-state index < -0.39 is 0 Å². The average Bonchev–Trinajstić information content (AvgIpc) is 2.61. The van der Waals surface area contributed by atoms with Crippen LogP contribution in [0.15, 0.2) is 28.1 Å². The predicted molar refractivity (Wildman–Crippen MR) is 75.7 cm³/mol. The summed E-state index contributed by atoms with van der Waals surface area (Å²) in [5.74, 6) is 0.720. The quantitative estimate of drug-likeness (QED) is 0.827. The molecule has 0 aliphatic heterocycles. The largest absolute Gasteiger partial charge is 0.333 e.